The molecule has 1 aromatic heterocycles. The Morgan fingerprint density at radius 2 is 2.36 bits per heavy atom. The van der Waals surface area contributed by atoms with Gasteiger partial charge in [-0.1, -0.05) is 6.92 Å². The van der Waals surface area contributed by atoms with Crippen molar-refractivity contribution < 1.29 is 9.53 Å². The first-order valence-corrected chi connectivity index (χ1v) is 4.77. The van der Waals surface area contributed by atoms with Crippen LogP contribution in [-0.2, 0) is 4.74 Å². The van der Waals surface area contributed by atoms with Crippen LogP contribution in [0.3, 0.4) is 0 Å². The van der Waals surface area contributed by atoms with E-state index in [4.69, 9.17) is 4.74 Å². The Hall–Kier alpha value is -1.22. The zero-order valence-electron chi connectivity index (χ0n) is 8.62. The second-order valence-electron chi connectivity index (χ2n) is 3.17. The number of ketones is 1. The maximum Gasteiger partial charge on any atom is 0.190 e. The summed E-state index contributed by atoms with van der Waals surface area (Å²) < 4.78 is 5.18. The molecule has 0 aliphatic rings. The molecule has 0 aliphatic carbocycles. The summed E-state index contributed by atoms with van der Waals surface area (Å²) in [6.45, 7) is 4.69. The van der Waals surface area contributed by atoms with Crippen LogP contribution in [0.5, 0.6) is 0 Å². The molecule has 1 rings (SSSR count). The number of nitrogens with zero attached hydrogens (tertiary/aromatic N) is 1. The van der Waals surface area contributed by atoms with Gasteiger partial charge in [0, 0.05) is 24.6 Å². The van der Waals surface area contributed by atoms with Gasteiger partial charge in [-0.2, -0.15) is 0 Å². The molecular weight excluding hydrogens is 178 g/mol. The average Bonchev–Trinajstić information content (AvgIpc) is 2.18. The summed E-state index contributed by atoms with van der Waals surface area (Å²) in [4.78, 5) is 15.5. The van der Waals surface area contributed by atoms with Gasteiger partial charge < -0.3 is 4.74 Å². The Morgan fingerprint density at radius 3 is 3.00 bits per heavy atom. The largest absolute Gasteiger partial charge is 0.373 e. The molecule has 0 aliphatic heterocycles. The Balaban J connectivity index is 2.56. The number of aromatic nitrogens is 1. The first-order chi connectivity index (χ1) is 6.75. The van der Waals surface area contributed by atoms with Crippen molar-refractivity contribution in [2.24, 2.45) is 0 Å². The number of ether oxygens (including phenoxy) is 1. The molecule has 0 N–H and O–H groups in total. The minimum Gasteiger partial charge on any atom is -0.373 e. The highest BCUT2D eigenvalue weighted by molar-refractivity contribution is 5.98. The van der Waals surface area contributed by atoms with Crippen LogP contribution in [-0.4, -0.2) is 24.0 Å². The van der Waals surface area contributed by atoms with Crippen LogP contribution < -0.4 is 0 Å². The van der Waals surface area contributed by atoms with Crippen LogP contribution in [0.25, 0.3) is 0 Å². The van der Waals surface area contributed by atoms with Crippen molar-refractivity contribution >= 4 is 5.78 Å². The molecule has 0 spiro atoms. The van der Waals surface area contributed by atoms with Crippen LogP contribution in [0, 0.1) is 6.92 Å². The third kappa shape index (κ3) is 2.92. The normalized spacial score (nSPS) is 10.1. The second-order valence-corrected chi connectivity index (χ2v) is 3.17. The topological polar surface area (TPSA) is 39.2 Å². The lowest BCUT2D eigenvalue weighted by molar-refractivity contribution is 0.0760. The molecule has 0 saturated heterocycles. The molecule has 1 heterocycles. The molecule has 0 unspecified atom stereocenters. The minimum absolute atomic E-state index is 0.00375. The lowest BCUT2D eigenvalue weighted by Crippen LogP contribution is -2.11. The van der Waals surface area contributed by atoms with Crippen molar-refractivity contribution in [2.45, 2.75) is 20.3 Å². The summed E-state index contributed by atoms with van der Waals surface area (Å²) in [7, 11) is 0. The molecule has 0 aromatic carbocycles. The van der Waals surface area contributed by atoms with Crippen molar-refractivity contribution in [1.82, 2.24) is 4.98 Å². The van der Waals surface area contributed by atoms with Crippen molar-refractivity contribution in [3.8, 4) is 0 Å². The number of rotatable bonds is 5. The Bertz CT molecular complexity index is 310. The van der Waals surface area contributed by atoms with Crippen molar-refractivity contribution in [3.05, 3.63) is 29.6 Å². The first kappa shape index (κ1) is 10.9. The number of hydrogen-bond acceptors (Lipinski definition) is 3. The number of carbonyl (C=O) groups is 1. The fraction of sp³-hybridized carbons (Fsp3) is 0.455. The Morgan fingerprint density at radius 1 is 1.57 bits per heavy atom. The van der Waals surface area contributed by atoms with Crippen molar-refractivity contribution in [3.63, 3.8) is 0 Å². The first-order valence-electron chi connectivity index (χ1n) is 4.77. The summed E-state index contributed by atoms with van der Waals surface area (Å²) in [5.41, 5.74) is 1.61. The van der Waals surface area contributed by atoms with Gasteiger partial charge in [0.1, 0.15) is 6.61 Å². The molecule has 3 heteroatoms. The van der Waals surface area contributed by atoms with Gasteiger partial charge in [-0.05, 0) is 25.0 Å². The van der Waals surface area contributed by atoms with Gasteiger partial charge in [0.05, 0.1) is 0 Å². The summed E-state index contributed by atoms with van der Waals surface area (Å²) in [5, 5.41) is 0. The number of hydrogen-bond donors (Lipinski definition) is 0. The molecule has 0 amide bonds. The van der Waals surface area contributed by atoms with Crippen LogP contribution >= 0.6 is 0 Å². The van der Waals surface area contributed by atoms with Crippen LogP contribution in [0.1, 0.15) is 29.3 Å². The van der Waals surface area contributed by atoms with E-state index in [9.17, 15) is 4.79 Å². The molecule has 14 heavy (non-hydrogen) atoms. The summed E-state index contributed by atoms with van der Waals surface area (Å²) >= 11 is 0. The van der Waals surface area contributed by atoms with Gasteiger partial charge in [0.2, 0.25) is 0 Å². The number of aryl methyl sites for hydroxylation is 1. The standard InChI is InChI=1S/C11H15NO2/c1-3-6-14-8-11(13)10-7-12-5-4-9(10)2/h4-5,7H,3,6,8H2,1-2H3. The SMILES string of the molecule is CCCOCC(=O)c1cnccc1C. The fourth-order valence-electron chi connectivity index (χ4n) is 1.14. The minimum atomic E-state index is 0.00375. The summed E-state index contributed by atoms with van der Waals surface area (Å²) in [6, 6.07) is 1.83. The molecule has 0 fully saturated rings. The van der Waals surface area contributed by atoms with E-state index in [-0.39, 0.29) is 12.4 Å². The van der Waals surface area contributed by atoms with Gasteiger partial charge in [-0.15, -0.1) is 0 Å². The third-order valence-corrected chi connectivity index (χ3v) is 1.92. The molecule has 0 saturated carbocycles. The van der Waals surface area contributed by atoms with Crippen molar-refractivity contribution in [2.75, 3.05) is 13.2 Å². The van der Waals surface area contributed by atoms with Gasteiger partial charge in [0.15, 0.2) is 5.78 Å². The molecule has 76 valence electrons. The lowest BCUT2D eigenvalue weighted by Gasteiger charge is -2.04. The highest BCUT2D eigenvalue weighted by Gasteiger charge is 2.08. The monoisotopic (exact) mass is 193 g/mol. The smallest absolute Gasteiger partial charge is 0.190 e. The third-order valence-electron chi connectivity index (χ3n) is 1.92. The maximum atomic E-state index is 11.6. The Labute approximate surface area is 84.1 Å². The Kier molecular flexibility index (Phi) is 4.26. The van der Waals surface area contributed by atoms with Gasteiger partial charge in [-0.3, -0.25) is 9.78 Å². The van der Waals surface area contributed by atoms with E-state index in [0.717, 1.165) is 12.0 Å². The van der Waals surface area contributed by atoms with Crippen molar-refractivity contribution in [1.29, 1.82) is 0 Å². The maximum absolute atomic E-state index is 11.6. The van der Waals surface area contributed by atoms with E-state index in [1.807, 2.05) is 19.9 Å². The lowest BCUT2D eigenvalue weighted by atomic mass is 10.1. The van der Waals surface area contributed by atoms with E-state index >= 15 is 0 Å². The molecule has 0 radical (unpaired) electrons. The van der Waals surface area contributed by atoms with Crippen LogP contribution in [0.15, 0.2) is 18.5 Å². The van der Waals surface area contributed by atoms with Crippen LogP contribution in [0.2, 0.25) is 0 Å². The zero-order valence-corrected chi connectivity index (χ0v) is 8.62. The van der Waals surface area contributed by atoms with Crippen LogP contribution in [0.4, 0.5) is 0 Å². The molecular formula is C11H15NO2. The van der Waals surface area contributed by atoms with E-state index in [1.165, 1.54) is 0 Å². The number of pyridine rings is 1. The second kappa shape index (κ2) is 5.50. The zero-order chi connectivity index (χ0) is 10.4. The summed E-state index contributed by atoms with van der Waals surface area (Å²) in [6.07, 6.45) is 4.20. The van der Waals surface area contributed by atoms with Gasteiger partial charge >= 0.3 is 0 Å². The number of Topliss-reactive ketones (excluding diaryl/α,β-unsaturated/α-hetero) is 1. The highest BCUT2D eigenvalue weighted by Crippen LogP contribution is 2.05. The summed E-state index contributed by atoms with van der Waals surface area (Å²) in [5.74, 6) is 0.00375. The van der Waals surface area contributed by atoms with E-state index < -0.39 is 0 Å². The highest BCUT2D eigenvalue weighted by atomic mass is 16.5. The fourth-order valence-corrected chi connectivity index (χ4v) is 1.14. The predicted octanol–water partition coefficient (Wildman–Crippen LogP) is 2.00. The number of carbonyl (C=O) groups excluding carboxylic acids is 1. The molecule has 0 atom stereocenters. The van der Waals surface area contributed by atoms with Gasteiger partial charge in [0.25, 0.3) is 0 Å². The van der Waals surface area contributed by atoms with E-state index in [1.54, 1.807) is 12.4 Å². The molecule has 0 bridgehead atoms. The average molecular weight is 193 g/mol. The van der Waals surface area contributed by atoms with E-state index in [0.29, 0.717) is 12.2 Å². The molecule has 1 aromatic rings. The van der Waals surface area contributed by atoms with Gasteiger partial charge in [-0.25, -0.2) is 0 Å². The molecule has 3 nitrogen and oxygen atoms in total. The predicted molar refractivity (Wildman–Crippen MR) is 54.4 cm³/mol. The quantitative estimate of drug-likeness (QED) is 0.530. The van der Waals surface area contributed by atoms with E-state index in [2.05, 4.69) is 4.98 Å².